The van der Waals surface area contributed by atoms with Crippen LogP contribution in [-0.4, -0.2) is 17.0 Å². The second kappa shape index (κ2) is 6.89. The van der Waals surface area contributed by atoms with Crippen LogP contribution < -0.4 is 5.43 Å². The Balaban J connectivity index is 1.41. The number of nitrogens with zero attached hydrogens (tertiary/aromatic N) is 2. The maximum Gasteiger partial charge on any atom is 0.273 e. The largest absolute Gasteiger partial charge is 0.455 e. The van der Waals surface area contributed by atoms with Crippen LogP contribution in [0.25, 0.3) is 11.3 Å². The number of benzene rings is 1. The van der Waals surface area contributed by atoms with E-state index in [9.17, 15) is 14.9 Å². The van der Waals surface area contributed by atoms with E-state index in [2.05, 4.69) is 17.5 Å². The van der Waals surface area contributed by atoms with E-state index in [1.807, 2.05) is 0 Å². The summed E-state index contributed by atoms with van der Waals surface area (Å²) in [6.07, 6.45) is 6.11. The lowest BCUT2D eigenvalue weighted by atomic mass is 9.90. The number of nitro groups is 1. The molecule has 2 fully saturated rings. The molecule has 0 spiro atoms. The van der Waals surface area contributed by atoms with Crippen LogP contribution in [-0.2, 0) is 4.79 Å². The molecule has 0 unspecified atom stereocenters. The molecule has 0 bridgehead atoms. The van der Waals surface area contributed by atoms with Crippen LogP contribution in [0.15, 0.2) is 39.9 Å². The zero-order valence-corrected chi connectivity index (χ0v) is 16.0. The number of nitrogens with one attached hydrogen (secondary N) is 1. The van der Waals surface area contributed by atoms with Gasteiger partial charge in [-0.25, -0.2) is 5.43 Å². The Morgan fingerprint density at radius 3 is 2.89 bits per heavy atom. The van der Waals surface area contributed by atoms with Crippen molar-refractivity contribution in [1.29, 1.82) is 0 Å². The molecule has 1 heterocycles. The first-order valence-corrected chi connectivity index (χ1v) is 9.58. The van der Waals surface area contributed by atoms with E-state index in [0.717, 1.165) is 12.8 Å². The molecule has 0 aliphatic heterocycles. The van der Waals surface area contributed by atoms with E-state index < -0.39 is 4.92 Å². The lowest BCUT2D eigenvalue weighted by Crippen LogP contribution is -2.22. The molecule has 0 saturated heterocycles. The molecular formula is C21H23N3O4. The monoisotopic (exact) mass is 381 g/mol. The van der Waals surface area contributed by atoms with Gasteiger partial charge in [0.15, 0.2) is 0 Å². The highest BCUT2D eigenvalue weighted by Crippen LogP contribution is 2.66. The molecule has 2 saturated carbocycles. The molecular weight excluding hydrogens is 358 g/mol. The fourth-order valence-corrected chi connectivity index (χ4v) is 4.62. The highest BCUT2D eigenvalue weighted by Gasteiger charge is 2.64. The van der Waals surface area contributed by atoms with E-state index in [0.29, 0.717) is 28.6 Å². The molecule has 7 heteroatoms. The molecule has 2 aliphatic rings. The molecule has 2 aromatic rings. The van der Waals surface area contributed by atoms with Crippen molar-refractivity contribution in [2.24, 2.45) is 22.4 Å². The molecule has 3 atom stereocenters. The van der Waals surface area contributed by atoms with Gasteiger partial charge in [-0.05, 0) is 43.2 Å². The number of nitro benzene ring substituents is 1. The molecule has 7 nitrogen and oxygen atoms in total. The summed E-state index contributed by atoms with van der Waals surface area (Å²) in [6, 6.07) is 8.41. The number of carbonyl (C=O) groups excluding carboxylic acids is 1. The van der Waals surface area contributed by atoms with Crippen molar-refractivity contribution in [2.45, 2.75) is 39.5 Å². The molecule has 1 aromatic heterocycles. The third kappa shape index (κ3) is 3.21. The number of carbonyl (C=O) groups is 1. The Kier molecular flexibility index (Phi) is 4.53. The summed E-state index contributed by atoms with van der Waals surface area (Å²) in [5.74, 6) is 1.51. The summed E-state index contributed by atoms with van der Waals surface area (Å²) in [5.41, 5.74) is 4.05. The molecule has 0 radical (unpaired) electrons. The summed E-state index contributed by atoms with van der Waals surface area (Å²) in [5, 5.41) is 15.1. The minimum Gasteiger partial charge on any atom is -0.455 e. The first kappa shape index (κ1) is 18.4. The van der Waals surface area contributed by atoms with Crippen LogP contribution in [0, 0.1) is 34.3 Å². The predicted molar refractivity (Wildman–Crippen MR) is 105 cm³/mol. The third-order valence-electron chi connectivity index (χ3n) is 6.30. The minimum absolute atomic E-state index is 0.0217. The molecule has 28 heavy (non-hydrogen) atoms. The quantitative estimate of drug-likeness (QED) is 0.470. The van der Waals surface area contributed by atoms with Gasteiger partial charge in [0, 0.05) is 23.1 Å². The number of rotatable bonds is 5. The van der Waals surface area contributed by atoms with Gasteiger partial charge in [0.2, 0.25) is 5.91 Å². The Labute approximate surface area is 163 Å². The van der Waals surface area contributed by atoms with Crippen LogP contribution in [0.2, 0.25) is 0 Å². The summed E-state index contributed by atoms with van der Waals surface area (Å²) in [4.78, 5) is 23.1. The van der Waals surface area contributed by atoms with Gasteiger partial charge in [-0.15, -0.1) is 0 Å². The zero-order valence-electron chi connectivity index (χ0n) is 16.0. The first-order chi connectivity index (χ1) is 13.4. The first-order valence-electron chi connectivity index (χ1n) is 9.58. The predicted octanol–water partition coefficient (Wildman–Crippen LogP) is 4.44. The van der Waals surface area contributed by atoms with Gasteiger partial charge in [0.1, 0.15) is 11.5 Å². The van der Waals surface area contributed by atoms with Crippen LogP contribution in [0.3, 0.4) is 0 Å². The van der Waals surface area contributed by atoms with Crippen molar-refractivity contribution in [3.05, 3.63) is 51.8 Å². The lowest BCUT2D eigenvalue weighted by molar-refractivity contribution is -0.385. The number of amides is 1. The maximum absolute atomic E-state index is 12.4. The number of fused-ring (bicyclic) bond motifs is 1. The highest BCUT2D eigenvalue weighted by atomic mass is 16.6. The second-order valence-corrected chi connectivity index (χ2v) is 8.03. The average molecular weight is 381 g/mol. The zero-order chi connectivity index (χ0) is 19.9. The summed E-state index contributed by atoms with van der Waals surface area (Å²) in [7, 11) is 0. The van der Waals surface area contributed by atoms with Crippen LogP contribution in [0.4, 0.5) is 5.69 Å². The number of hydrogen-bond donors (Lipinski definition) is 1. The van der Waals surface area contributed by atoms with Gasteiger partial charge in [0.05, 0.1) is 11.1 Å². The molecule has 4 rings (SSSR count). The Morgan fingerprint density at radius 1 is 1.36 bits per heavy atom. The Hall–Kier alpha value is -2.96. The SMILES string of the molecule is Cc1ccc(-c2ccc(/C=N\NC(=O)[C@@H]3[C@H]4CCCC[C@]43C)o2)cc1[N+](=O)[O-]. The van der Waals surface area contributed by atoms with Gasteiger partial charge >= 0.3 is 0 Å². The smallest absolute Gasteiger partial charge is 0.273 e. The van der Waals surface area contributed by atoms with Crippen molar-refractivity contribution in [3.63, 3.8) is 0 Å². The van der Waals surface area contributed by atoms with Gasteiger partial charge in [-0.3, -0.25) is 14.9 Å². The topological polar surface area (TPSA) is 97.7 Å². The van der Waals surface area contributed by atoms with Crippen molar-refractivity contribution < 1.29 is 14.1 Å². The molecule has 1 N–H and O–H groups in total. The van der Waals surface area contributed by atoms with Crippen molar-refractivity contribution in [2.75, 3.05) is 0 Å². The van der Waals surface area contributed by atoms with E-state index in [-0.39, 0.29) is 22.9 Å². The van der Waals surface area contributed by atoms with E-state index in [4.69, 9.17) is 4.42 Å². The van der Waals surface area contributed by atoms with Gasteiger partial charge in [-0.1, -0.05) is 31.9 Å². The van der Waals surface area contributed by atoms with Crippen LogP contribution in [0.5, 0.6) is 0 Å². The molecule has 1 aromatic carbocycles. The fraction of sp³-hybridized carbons (Fsp3) is 0.429. The van der Waals surface area contributed by atoms with Crippen molar-refractivity contribution in [3.8, 4) is 11.3 Å². The minimum atomic E-state index is -0.407. The normalized spacial score (nSPS) is 26.1. The molecule has 2 aliphatic carbocycles. The van der Waals surface area contributed by atoms with E-state index in [1.54, 1.807) is 31.2 Å². The maximum atomic E-state index is 12.4. The van der Waals surface area contributed by atoms with E-state index in [1.165, 1.54) is 25.1 Å². The van der Waals surface area contributed by atoms with Crippen molar-refractivity contribution >= 4 is 17.8 Å². The van der Waals surface area contributed by atoms with Gasteiger partial charge in [0.25, 0.3) is 5.69 Å². The summed E-state index contributed by atoms with van der Waals surface area (Å²) >= 11 is 0. The van der Waals surface area contributed by atoms with Crippen LogP contribution >= 0.6 is 0 Å². The molecule has 1 amide bonds. The number of hydrogen-bond acceptors (Lipinski definition) is 5. The van der Waals surface area contributed by atoms with E-state index >= 15 is 0 Å². The Morgan fingerprint density at radius 2 is 2.18 bits per heavy atom. The lowest BCUT2D eigenvalue weighted by Gasteiger charge is -2.15. The fourth-order valence-electron chi connectivity index (χ4n) is 4.62. The molecule has 146 valence electrons. The van der Waals surface area contributed by atoms with Gasteiger partial charge < -0.3 is 4.42 Å². The highest BCUT2D eigenvalue weighted by molar-refractivity contribution is 5.85. The van der Waals surface area contributed by atoms with Crippen molar-refractivity contribution in [1.82, 2.24) is 5.43 Å². The standard InChI is InChI=1S/C21H23N3O4/c1-13-6-7-14(11-17(13)24(26)27)18-9-8-15(28-18)12-22-23-20(25)19-16-5-3-4-10-21(16,19)2/h6-9,11-12,16,19H,3-5,10H2,1-2H3,(H,23,25)/b22-12-/t16-,19+,21-/m1/s1. The Bertz CT molecular complexity index is 964. The summed E-state index contributed by atoms with van der Waals surface area (Å²) in [6.45, 7) is 3.89. The average Bonchev–Trinajstić information content (AvgIpc) is 3.02. The van der Waals surface area contributed by atoms with Gasteiger partial charge in [-0.2, -0.15) is 5.10 Å². The third-order valence-corrected chi connectivity index (χ3v) is 6.30. The number of aryl methyl sites for hydroxylation is 1. The number of hydrazone groups is 1. The van der Waals surface area contributed by atoms with Crippen LogP contribution in [0.1, 0.15) is 43.9 Å². The summed E-state index contributed by atoms with van der Waals surface area (Å²) < 4.78 is 5.69. The number of furan rings is 1. The second-order valence-electron chi connectivity index (χ2n) is 8.03.